The maximum Gasteiger partial charge on any atom is 0.380 e. The summed E-state index contributed by atoms with van der Waals surface area (Å²) in [5, 5.41) is 6.73. The molecule has 0 aliphatic rings. The largest absolute Gasteiger partial charge is 0.494 e. The van der Waals surface area contributed by atoms with Gasteiger partial charge in [0, 0.05) is 18.4 Å². The summed E-state index contributed by atoms with van der Waals surface area (Å²) in [7, 11) is 1.68. The van der Waals surface area contributed by atoms with Crippen LogP contribution in [-0.2, 0) is 21.4 Å². The van der Waals surface area contributed by atoms with Crippen LogP contribution < -0.4 is 10.1 Å². The van der Waals surface area contributed by atoms with Crippen molar-refractivity contribution in [3.63, 3.8) is 0 Å². The molecule has 1 aromatic heterocycles. The molecular formula is C19H23N3O5. The predicted molar refractivity (Wildman–Crippen MR) is 98.8 cm³/mol. The number of ether oxygens (including phenoxy) is 2. The SMILES string of the molecule is CCOc1ccc(NC(=O)C(C)OC(=O)C(=O)c2c(C)nn(C)c2C)cc1. The number of esters is 1. The lowest BCUT2D eigenvalue weighted by Crippen LogP contribution is -2.32. The van der Waals surface area contributed by atoms with Crippen molar-refractivity contribution in [2.45, 2.75) is 33.8 Å². The molecule has 8 nitrogen and oxygen atoms in total. The molecule has 1 aromatic carbocycles. The average molecular weight is 373 g/mol. The van der Waals surface area contributed by atoms with E-state index in [-0.39, 0.29) is 5.56 Å². The normalized spacial score (nSPS) is 11.6. The molecule has 0 radical (unpaired) electrons. The number of hydrogen-bond acceptors (Lipinski definition) is 6. The summed E-state index contributed by atoms with van der Waals surface area (Å²) in [5.74, 6) is -1.77. The minimum Gasteiger partial charge on any atom is -0.494 e. The zero-order valence-corrected chi connectivity index (χ0v) is 16.0. The Morgan fingerprint density at radius 1 is 1.19 bits per heavy atom. The van der Waals surface area contributed by atoms with Crippen molar-refractivity contribution in [3.05, 3.63) is 41.2 Å². The van der Waals surface area contributed by atoms with Crippen molar-refractivity contribution >= 4 is 23.3 Å². The van der Waals surface area contributed by atoms with Crippen molar-refractivity contribution in [1.29, 1.82) is 0 Å². The molecule has 0 bridgehead atoms. The van der Waals surface area contributed by atoms with Crippen LogP contribution in [-0.4, -0.2) is 40.2 Å². The first kappa shape index (κ1) is 20.2. The molecule has 8 heteroatoms. The lowest BCUT2D eigenvalue weighted by atomic mass is 10.1. The molecular weight excluding hydrogens is 350 g/mol. The van der Waals surface area contributed by atoms with Gasteiger partial charge in [0.05, 0.1) is 17.9 Å². The highest BCUT2D eigenvalue weighted by Gasteiger charge is 2.28. The van der Waals surface area contributed by atoms with Gasteiger partial charge in [-0.1, -0.05) is 0 Å². The Morgan fingerprint density at radius 3 is 2.33 bits per heavy atom. The fourth-order valence-electron chi connectivity index (χ4n) is 2.52. The zero-order chi connectivity index (χ0) is 20.1. The van der Waals surface area contributed by atoms with Crippen LogP contribution in [0.5, 0.6) is 5.75 Å². The van der Waals surface area contributed by atoms with Gasteiger partial charge in [-0.05, 0) is 52.0 Å². The van der Waals surface area contributed by atoms with E-state index in [4.69, 9.17) is 9.47 Å². The first-order valence-corrected chi connectivity index (χ1v) is 8.53. The van der Waals surface area contributed by atoms with E-state index in [9.17, 15) is 14.4 Å². The van der Waals surface area contributed by atoms with Crippen molar-refractivity contribution in [2.24, 2.45) is 7.05 Å². The predicted octanol–water partition coefficient (Wildman–Crippen LogP) is 2.19. The standard InChI is InChI=1S/C19H23N3O5/c1-6-26-15-9-7-14(8-10-15)20-18(24)13(4)27-19(25)17(23)16-11(2)21-22(5)12(16)3/h7-10,13H,6H2,1-5H3,(H,20,24). The lowest BCUT2D eigenvalue weighted by molar-refractivity contribution is -0.148. The molecule has 2 aromatic rings. The summed E-state index contributed by atoms with van der Waals surface area (Å²) in [6.45, 7) is 7.14. The maximum absolute atomic E-state index is 12.3. The number of anilines is 1. The van der Waals surface area contributed by atoms with Gasteiger partial charge < -0.3 is 14.8 Å². The summed E-state index contributed by atoms with van der Waals surface area (Å²) in [6.07, 6.45) is -1.13. The van der Waals surface area contributed by atoms with Crippen molar-refractivity contribution in [1.82, 2.24) is 9.78 Å². The molecule has 0 saturated heterocycles. The minimum absolute atomic E-state index is 0.196. The smallest absolute Gasteiger partial charge is 0.380 e. The molecule has 0 aliphatic heterocycles. The van der Waals surface area contributed by atoms with E-state index in [0.717, 1.165) is 0 Å². The lowest BCUT2D eigenvalue weighted by Gasteiger charge is -2.13. The minimum atomic E-state index is -1.13. The average Bonchev–Trinajstić information content (AvgIpc) is 2.88. The van der Waals surface area contributed by atoms with Crippen LogP contribution in [0.2, 0.25) is 0 Å². The van der Waals surface area contributed by atoms with Gasteiger partial charge in [-0.2, -0.15) is 5.10 Å². The second-order valence-corrected chi connectivity index (χ2v) is 5.99. The molecule has 1 amide bonds. The number of ketones is 1. The molecule has 0 fully saturated rings. The van der Waals surface area contributed by atoms with E-state index in [1.54, 1.807) is 45.2 Å². The molecule has 27 heavy (non-hydrogen) atoms. The molecule has 0 aliphatic carbocycles. The summed E-state index contributed by atoms with van der Waals surface area (Å²) >= 11 is 0. The first-order chi connectivity index (χ1) is 12.7. The number of aromatic nitrogens is 2. The molecule has 1 N–H and O–H groups in total. The zero-order valence-electron chi connectivity index (χ0n) is 16.0. The Labute approximate surface area is 157 Å². The van der Waals surface area contributed by atoms with Crippen molar-refractivity contribution < 1.29 is 23.9 Å². The van der Waals surface area contributed by atoms with Crippen LogP contribution in [0.1, 0.15) is 35.6 Å². The van der Waals surface area contributed by atoms with Gasteiger partial charge in [-0.3, -0.25) is 14.3 Å². The van der Waals surface area contributed by atoms with Gasteiger partial charge in [-0.25, -0.2) is 4.79 Å². The van der Waals surface area contributed by atoms with E-state index in [1.807, 2.05) is 6.92 Å². The van der Waals surface area contributed by atoms with Crippen molar-refractivity contribution in [3.8, 4) is 5.75 Å². The van der Waals surface area contributed by atoms with E-state index >= 15 is 0 Å². The number of nitrogens with zero attached hydrogens (tertiary/aromatic N) is 2. The van der Waals surface area contributed by atoms with Gasteiger partial charge in [0.2, 0.25) is 0 Å². The van der Waals surface area contributed by atoms with Crippen LogP contribution in [0.15, 0.2) is 24.3 Å². The fraction of sp³-hybridized carbons (Fsp3) is 0.368. The quantitative estimate of drug-likeness (QED) is 0.454. The molecule has 0 saturated carbocycles. The number of hydrogen-bond donors (Lipinski definition) is 1. The van der Waals surface area contributed by atoms with Crippen LogP contribution in [0.25, 0.3) is 0 Å². The Balaban J connectivity index is 1.98. The number of rotatable bonds is 7. The third-order valence-corrected chi connectivity index (χ3v) is 4.01. The summed E-state index contributed by atoms with van der Waals surface area (Å²) < 4.78 is 11.9. The van der Waals surface area contributed by atoms with Crippen LogP contribution in [0.4, 0.5) is 5.69 Å². The highest BCUT2D eigenvalue weighted by molar-refractivity contribution is 6.41. The molecule has 1 heterocycles. The Morgan fingerprint density at radius 2 is 1.81 bits per heavy atom. The van der Waals surface area contributed by atoms with Crippen molar-refractivity contribution in [2.75, 3.05) is 11.9 Å². The molecule has 1 atom stereocenters. The van der Waals surface area contributed by atoms with Gasteiger partial charge in [0.15, 0.2) is 6.10 Å². The second-order valence-electron chi connectivity index (χ2n) is 5.99. The number of carbonyl (C=O) groups is 3. The van der Waals surface area contributed by atoms with E-state index in [1.165, 1.54) is 11.6 Å². The third kappa shape index (κ3) is 4.72. The van der Waals surface area contributed by atoms with Crippen LogP contribution >= 0.6 is 0 Å². The highest BCUT2D eigenvalue weighted by atomic mass is 16.6. The summed E-state index contributed by atoms with van der Waals surface area (Å²) in [6, 6.07) is 6.77. The third-order valence-electron chi connectivity index (χ3n) is 4.01. The van der Waals surface area contributed by atoms with E-state index in [2.05, 4.69) is 10.4 Å². The van der Waals surface area contributed by atoms with E-state index < -0.39 is 23.8 Å². The number of benzene rings is 1. The highest BCUT2D eigenvalue weighted by Crippen LogP contribution is 2.17. The van der Waals surface area contributed by atoms with Gasteiger partial charge in [0.25, 0.3) is 11.7 Å². The monoisotopic (exact) mass is 373 g/mol. The molecule has 1 unspecified atom stereocenters. The first-order valence-electron chi connectivity index (χ1n) is 8.53. The van der Waals surface area contributed by atoms with Crippen LogP contribution in [0, 0.1) is 13.8 Å². The molecule has 144 valence electrons. The number of nitrogens with one attached hydrogen (secondary N) is 1. The number of aryl methyl sites for hydroxylation is 2. The second kappa shape index (κ2) is 8.48. The van der Waals surface area contributed by atoms with Gasteiger partial charge in [-0.15, -0.1) is 0 Å². The maximum atomic E-state index is 12.3. The van der Waals surface area contributed by atoms with E-state index in [0.29, 0.717) is 29.4 Å². The summed E-state index contributed by atoms with van der Waals surface area (Å²) in [5.41, 5.74) is 1.71. The summed E-state index contributed by atoms with van der Waals surface area (Å²) in [4.78, 5) is 36.7. The van der Waals surface area contributed by atoms with Crippen LogP contribution in [0.3, 0.4) is 0 Å². The number of carbonyl (C=O) groups excluding carboxylic acids is 3. The Bertz CT molecular complexity index is 855. The number of amides is 1. The number of Topliss-reactive ketones (excluding diaryl/α,β-unsaturated/α-hetero) is 1. The molecule has 0 spiro atoms. The molecule has 2 rings (SSSR count). The van der Waals surface area contributed by atoms with Gasteiger partial charge in [0.1, 0.15) is 5.75 Å². The fourth-order valence-corrected chi connectivity index (χ4v) is 2.52. The Hall–Kier alpha value is -3.16. The Kier molecular flexibility index (Phi) is 6.33. The topological polar surface area (TPSA) is 99.5 Å². The van der Waals surface area contributed by atoms with Gasteiger partial charge >= 0.3 is 5.97 Å².